The quantitative estimate of drug-likeness (QED) is 0.0772. The minimum absolute atomic E-state index is 0.0609. The third-order valence-electron chi connectivity index (χ3n) is 11.2. The van der Waals surface area contributed by atoms with E-state index in [9.17, 15) is 0 Å². The van der Waals surface area contributed by atoms with Crippen molar-refractivity contribution in [1.29, 1.82) is 0 Å². The largest absolute Gasteiger partial charge is 0.353 e. The molecule has 0 radical (unpaired) electrons. The van der Waals surface area contributed by atoms with Crippen LogP contribution in [0.25, 0.3) is 0 Å². The van der Waals surface area contributed by atoms with Crippen LogP contribution in [0, 0.1) is 0 Å². The van der Waals surface area contributed by atoms with Gasteiger partial charge in [-0.25, -0.2) is 0 Å². The first-order valence-corrected chi connectivity index (χ1v) is 21.1. The Morgan fingerprint density at radius 3 is 1.17 bits per heavy atom. The summed E-state index contributed by atoms with van der Waals surface area (Å²) >= 11 is 0. The van der Waals surface area contributed by atoms with Gasteiger partial charge in [0.25, 0.3) is 0 Å². The molecule has 0 saturated heterocycles. The molecule has 0 spiro atoms. The summed E-state index contributed by atoms with van der Waals surface area (Å²) in [5.74, 6) is 0.444. The third kappa shape index (κ3) is 14.3. The average molecular weight is 657 g/mol. The van der Waals surface area contributed by atoms with Crippen molar-refractivity contribution in [3.63, 3.8) is 0 Å². The van der Waals surface area contributed by atoms with Gasteiger partial charge >= 0.3 is 0 Å². The normalized spacial score (nSPS) is 16.6. The van der Waals surface area contributed by atoms with Gasteiger partial charge in [-0.15, -0.1) is 0 Å². The second-order valence-electron chi connectivity index (χ2n) is 15.0. The van der Waals surface area contributed by atoms with Crippen molar-refractivity contribution in [3.8, 4) is 0 Å². The highest BCUT2D eigenvalue weighted by Crippen LogP contribution is 2.45. The van der Waals surface area contributed by atoms with Gasteiger partial charge in [-0.3, -0.25) is 0 Å². The zero-order chi connectivity index (χ0) is 34.0. The summed E-state index contributed by atoms with van der Waals surface area (Å²) in [6.45, 7) is 9.34. The maximum atomic E-state index is 2.79. The molecule has 3 rings (SSSR count). The number of hydrogen-bond donors (Lipinski definition) is 0. The van der Waals surface area contributed by atoms with Crippen molar-refractivity contribution in [2.45, 2.75) is 193 Å². The molecule has 0 amide bonds. The van der Waals surface area contributed by atoms with Gasteiger partial charge in [0.1, 0.15) is 5.66 Å². The fourth-order valence-corrected chi connectivity index (χ4v) is 8.33. The van der Waals surface area contributed by atoms with Crippen LogP contribution < -0.4 is 0 Å². The fraction of sp³-hybridized carbons (Fsp3) is 0.696. The van der Waals surface area contributed by atoms with Crippen molar-refractivity contribution >= 4 is 0 Å². The molecule has 1 heterocycles. The molecule has 0 saturated carbocycles. The Hall–Kier alpha value is -2.22. The lowest BCUT2D eigenvalue weighted by molar-refractivity contribution is -0.00378. The van der Waals surface area contributed by atoms with Crippen molar-refractivity contribution in [2.75, 3.05) is 13.1 Å². The van der Waals surface area contributed by atoms with E-state index in [1.54, 1.807) is 0 Å². The molecule has 1 aliphatic rings. The average Bonchev–Trinajstić information content (AvgIpc) is 3.45. The molecule has 0 aliphatic carbocycles. The molecule has 0 fully saturated rings. The lowest BCUT2D eigenvalue weighted by atomic mass is 9.78. The predicted octanol–water partition coefficient (Wildman–Crippen LogP) is 14.2. The van der Waals surface area contributed by atoms with Gasteiger partial charge in [-0.05, 0) is 30.4 Å². The standard InChI is InChI=1S/C46H76N2/c1-4-7-9-11-13-15-16-17-18-19-20-21-23-25-33-39-48-41-40-47(38-32-24-22-14-12-10-8-5-2)46(48,42-43-34-28-26-29-35-43)45(6-3)44-36-30-27-31-37-44/h26-31,34-37,40-41,45H,4-25,32-33,38-39,42H2,1-3H3. The first-order valence-electron chi connectivity index (χ1n) is 21.1. The highest BCUT2D eigenvalue weighted by Gasteiger charge is 2.49. The summed E-state index contributed by atoms with van der Waals surface area (Å²) in [4.78, 5) is 5.57. The lowest BCUT2D eigenvalue weighted by Crippen LogP contribution is -2.59. The molecule has 0 bridgehead atoms. The highest BCUT2D eigenvalue weighted by molar-refractivity contribution is 5.30. The number of rotatable bonds is 30. The van der Waals surface area contributed by atoms with Crippen LogP contribution in [0.5, 0.6) is 0 Å². The summed E-state index contributed by atoms with van der Waals surface area (Å²) in [5.41, 5.74) is 2.88. The van der Waals surface area contributed by atoms with E-state index in [1.807, 2.05) is 0 Å². The Bertz CT molecular complexity index is 1030. The zero-order valence-corrected chi connectivity index (χ0v) is 32.0. The van der Waals surface area contributed by atoms with Crippen LogP contribution in [-0.4, -0.2) is 28.6 Å². The molecule has 2 unspecified atom stereocenters. The SMILES string of the molecule is CCCCCCCCCCCCCCCCCN1C=CN(CCCCCCCCCC)C1(Cc1ccccc1)C(CC)c1ccccc1. The van der Waals surface area contributed by atoms with Gasteiger partial charge < -0.3 is 9.80 Å². The van der Waals surface area contributed by atoms with Crippen molar-refractivity contribution in [3.05, 3.63) is 84.2 Å². The van der Waals surface area contributed by atoms with Crippen molar-refractivity contribution in [2.24, 2.45) is 0 Å². The maximum Gasteiger partial charge on any atom is 0.123 e. The van der Waals surface area contributed by atoms with Crippen molar-refractivity contribution < 1.29 is 0 Å². The molecule has 2 aromatic rings. The van der Waals surface area contributed by atoms with Crippen molar-refractivity contribution in [1.82, 2.24) is 9.80 Å². The molecular formula is C46H76N2. The summed E-state index contributed by atoms with van der Waals surface area (Å²) in [6, 6.07) is 22.8. The first-order chi connectivity index (χ1) is 23.8. The molecule has 1 aliphatic heterocycles. The summed E-state index contributed by atoms with van der Waals surface area (Å²) in [7, 11) is 0. The van der Waals surface area contributed by atoms with E-state index in [0.717, 1.165) is 25.9 Å². The van der Waals surface area contributed by atoms with Gasteiger partial charge in [0, 0.05) is 37.8 Å². The maximum absolute atomic E-state index is 2.79. The molecule has 48 heavy (non-hydrogen) atoms. The van der Waals surface area contributed by atoms with E-state index in [2.05, 4.69) is 104 Å². The molecular weight excluding hydrogens is 581 g/mol. The van der Waals surface area contributed by atoms with Gasteiger partial charge in [0.05, 0.1) is 0 Å². The number of unbranched alkanes of at least 4 members (excludes halogenated alkanes) is 21. The molecule has 270 valence electrons. The topological polar surface area (TPSA) is 6.48 Å². The zero-order valence-electron chi connectivity index (χ0n) is 32.0. The number of hydrogen-bond acceptors (Lipinski definition) is 2. The van der Waals surface area contributed by atoms with Crippen LogP contribution in [0.1, 0.15) is 192 Å². The molecule has 2 aromatic carbocycles. The van der Waals surface area contributed by atoms with Crippen LogP contribution in [0.2, 0.25) is 0 Å². The van der Waals surface area contributed by atoms with Gasteiger partial charge in [0.2, 0.25) is 0 Å². The summed E-state index contributed by atoms with van der Waals surface area (Å²) in [6.07, 6.45) is 39.4. The van der Waals surface area contributed by atoms with E-state index >= 15 is 0 Å². The minimum Gasteiger partial charge on any atom is -0.353 e. The molecule has 0 aromatic heterocycles. The Morgan fingerprint density at radius 2 is 0.792 bits per heavy atom. The molecule has 2 nitrogen and oxygen atoms in total. The van der Waals surface area contributed by atoms with E-state index in [0.29, 0.717) is 5.92 Å². The minimum atomic E-state index is -0.0609. The smallest absolute Gasteiger partial charge is 0.123 e. The number of nitrogens with zero attached hydrogens (tertiary/aromatic N) is 2. The Kier molecular flexibility index (Phi) is 21.5. The van der Waals surface area contributed by atoms with Gasteiger partial charge in [0.15, 0.2) is 0 Å². The second-order valence-corrected chi connectivity index (χ2v) is 15.0. The van der Waals surface area contributed by atoms with Crippen LogP contribution >= 0.6 is 0 Å². The number of benzene rings is 2. The highest BCUT2D eigenvalue weighted by atomic mass is 15.4. The van der Waals surface area contributed by atoms with E-state index in [1.165, 1.54) is 159 Å². The second kappa shape index (κ2) is 25.7. The van der Waals surface area contributed by atoms with Crippen LogP contribution in [-0.2, 0) is 6.42 Å². The van der Waals surface area contributed by atoms with E-state index < -0.39 is 0 Å². The van der Waals surface area contributed by atoms with Crippen LogP contribution in [0.4, 0.5) is 0 Å². The monoisotopic (exact) mass is 657 g/mol. The molecule has 2 heteroatoms. The Morgan fingerprint density at radius 1 is 0.438 bits per heavy atom. The predicted molar refractivity (Wildman–Crippen MR) is 212 cm³/mol. The molecule has 0 N–H and O–H groups in total. The van der Waals surface area contributed by atoms with Gasteiger partial charge in [-0.1, -0.05) is 216 Å². The first kappa shape index (κ1) is 40.2. The summed E-state index contributed by atoms with van der Waals surface area (Å²) in [5, 5.41) is 0. The fourth-order valence-electron chi connectivity index (χ4n) is 8.33. The van der Waals surface area contributed by atoms with E-state index in [4.69, 9.17) is 0 Å². The molecule has 2 atom stereocenters. The lowest BCUT2D eigenvalue weighted by Gasteiger charge is -2.51. The Balaban J connectivity index is 1.56. The Labute approximate surface area is 299 Å². The van der Waals surface area contributed by atoms with Crippen LogP contribution in [0.15, 0.2) is 73.1 Å². The van der Waals surface area contributed by atoms with E-state index in [-0.39, 0.29) is 5.66 Å². The summed E-state index contributed by atoms with van der Waals surface area (Å²) < 4.78 is 0. The van der Waals surface area contributed by atoms with Crippen LogP contribution in [0.3, 0.4) is 0 Å². The third-order valence-corrected chi connectivity index (χ3v) is 11.2. The van der Waals surface area contributed by atoms with Gasteiger partial charge in [-0.2, -0.15) is 0 Å².